The number of alkyl carbamates (subject to hydrolysis) is 1. The van der Waals surface area contributed by atoms with Crippen LogP contribution in [-0.2, 0) is 14.3 Å². The van der Waals surface area contributed by atoms with Crippen molar-refractivity contribution in [2.75, 3.05) is 18.8 Å². The Balaban J connectivity index is 2.03. The highest BCUT2D eigenvalue weighted by atomic mass is 32.2. The molecule has 0 aromatic carbocycles. The monoisotopic (exact) mass is 344 g/mol. The van der Waals surface area contributed by atoms with Crippen LogP contribution >= 0.6 is 11.8 Å². The maximum absolute atomic E-state index is 12.4. The highest BCUT2D eigenvalue weighted by Crippen LogP contribution is 2.31. The van der Waals surface area contributed by atoms with Crippen LogP contribution in [0.1, 0.15) is 40.0 Å². The normalized spacial score (nSPS) is 27.8. The van der Waals surface area contributed by atoms with E-state index in [0.29, 0.717) is 6.54 Å². The maximum Gasteiger partial charge on any atom is 0.408 e. The van der Waals surface area contributed by atoms with Crippen molar-refractivity contribution in [1.29, 1.82) is 0 Å². The minimum Gasteiger partial charge on any atom is -0.479 e. The lowest BCUT2D eigenvalue weighted by Gasteiger charge is -2.28. The summed E-state index contributed by atoms with van der Waals surface area (Å²) in [6, 6.07) is 0. The number of carboxylic acid groups (broad SMARTS) is 1. The lowest BCUT2D eigenvalue weighted by molar-refractivity contribution is -0.144. The Morgan fingerprint density at radius 3 is 2.57 bits per heavy atom. The number of hydrogen-bond donors (Lipinski definition) is 2. The van der Waals surface area contributed by atoms with Crippen LogP contribution in [0.5, 0.6) is 0 Å². The van der Waals surface area contributed by atoms with Crippen molar-refractivity contribution < 1.29 is 24.2 Å². The van der Waals surface area contributed by atoms with E-state index in [0.717, 1.165) is 18.6 Å². The van der Waals surface area contributed by atoms with Crippen LogP contribution < -0.4 is 5.32 Å². The van der Waals surface area contributed by atoms with Crippen molar-refractivity contribution in [2.24, 2.45) is 0 Å². The number of nitrogens with one attached hydrogen (secondary N) is 1. The average molecular weight is 344 g/mol. The van der Waals surface area contributed by atoms with Gasteiger partial charge in [0.15, 0.2) is 5.54 Å². The minimum absolute atomic E-state index is 0.0164. The number of ether oxygens (including phenoxy) is 1. The molecule has 2 saturated heterocycles. The molecule has 8 heteroatoms. The number of nitrogens with zero attached hydrogens (tertiary/aromatic N) is 1. The predicted molar refractivity (Wildman–Crippen MR) is 86.4 cm³/mol. The number of likely N-dealkylation sites (tertiary alicyclic amines) is 1. The molecule has 0 spiro atoms. The van der Waals surface area contributed by atoms with Gasteiger partial charge in [0.1, 0.15) is 5.60 Å². The molecule has 2 fully saturated rings. The van der Waals surface area contributed by atoms with Crippen molar-refractivity contribution in [3.63, 3.8) is 0 Å². The highest BCUT2D eigenvalue weighted by Gasteiger charge is 2.49. The van der Waals surface area contributed by atoms with Crippen LogP contribution in [-0.4, -0.2) is 63.2 Å². The van der Waals surface area contributed by atoms with Gasteiger partial charge in [-0.3, -0.25) is 4.79 Å². The zero-order valence-electron chi connectivity index (χ0n) is 13.8. The van der Waals surface area contributed by atoms with Gasteiger partial charge >= 0.3 is 12.1 Å². The van der Waals surface area contributed by atoms with Gasteiger partial charge < -0.3 is 20.1 Å². The molecule has 0 aliphatic carbocycles. The van der Waals surface area contributed by atoms with Crippen LogP contribution in [0.25, 0.3) is 0 Å². The number of carbonyl (C=O) groups is 3. The Kier molecular flexibility index (Phi) is 5.13. The number of thioether (sulfide) groups is 1. The molecule has 2 aliphatic rings. The van der Waals surface area contributed by atoms with Gasteiger partial charge in [0.2, 0.25) is 5.91 Å². The molecule has 2 atom stereocenters. The van der Waals surface area contributed by atoms with E-state index in [2.05, 4.69) is 5.32 Å². The van der Waals surface area contributed by atoms with E-state index >= 15 is 0 Å². The number of hydrogen-bond acceptors (Lipinski definition) is 5. The Bertz CT molecular complexity index is 499. The second-order valence-electron chi connectivity index (χ2n) is 7.03. The quantitative estimate of drug-likeness (QED) is 0.805. The smallest absolute Gasteiger partial charge is 0.408 e. The molecule has 23 heavy (non-hydrogen) atoms. The van der Waals surface area contributed by atoms with Gasteiger partial charge in [-0.25, -0.2) is 9.59 Å². The highest BCUT2D eigenvalue weighted by molar-refractivity contribution is 8.00. The number of aliphatic carboxylic acids is 1. The lowest BCUT2D eigenvalue weighted by Crippen LogP contribution is -2.57. The molecule has 7 nitrogen and oxygen atoms in total. The van der Waals surface area contributed by atoms with E-state index in [9.17, 15) is 19.5 Å². The van der Waals surface area contributed by atoms with E-state index in [1.54, 1.807) is 37.4 Å². The number of amides is 2. The Labute approximate surface area is 140 Å². The first-order chi connectivity index (χ1) is 10.6. The third kappa shape index (κ3) is 4.31. The molecule has 0 saturated carbocycles. The maximum atomic E-state index is 12.4. The molecular weight excluding hydrogens is 320 g/mol. The summed E-state index contributed by atoms with van der Waals surface area (Å²) < 4.78 is 5.15. The largest absolute Gasteiger partial charge is 0.479 e. The fraction of sp³-hybridized carbons (Fsp3) is 0.800. The van der Waals surface area contributed by atoms with E-state index < -0.39 is 23.2 Å². The van der Waals surface area contributed by atoms with Crippen molar-refractivity contribution in [3.05, 3.63) is 0 Å². The second-order valence-corrected chi connectivity index (χ2v) is 8.34. The Morgan fingerprint density at radius 1 is 1.35 bits per heavy atom. The van der Waals surface area contributed by atoms with Gasteiger partial charge in [-0.2, -0.15) is 0 Å². The first kappa shape index (κ1) is 17.9. The van der Waals surface area contributed by atoms with Crippen LogP contribution in [0, 0.1) is 0 Å². The summed E-state index contributed by atoms with van der Waals surface area (Å²) in [5, 5.41) is 11.9. The van der Waals surface area contributed by atoms with Crippen molar-refractivity contribution >= 4 is 29.7 Å². The van der Waals surface area contributed by atoms with Crippen LogP contribution in [0.3, 0.4) is 0 Å². The summed E-state index contributed by atoms with van der Waals surface area (Å²) in [4.78, 5) is 37.6. The molecule has 2 unspecified atom stereocenters. The molecule has 2 N–H and O–H groups in total. The summed E-state index contributed by atoms with van der Waals surface area (Å²) in [6.07, 6.45) is 1.25. The summed E-state index contributed by atoms with van der Waals surface area (Å²) in [5.41, 5.74) is -2.18. The standard InChI is InChI=1S/C15H24N2O5S/c1-14(2,3)22-13(21)16-15(12(19)20)6-7-17(9-15)11(18)10-5-4-8-23-10/h10H,4-9H2,1-3H3,(H,16,21)(H,19,20). The van der Waals surface area contributed by atoms with Gasteiger partial charge in [-0.05, 0) is 39.4 Å². The molecule has 0 radical (unpaired) electrons. The Hall–Kier alpha value is -1.44. The van der Waals surface area contributed by atoms with E-state index in [-0.39, 0.29) is 24.1 Å². The van der Waals surface area contributed by atoms with Gasteiger partial charge in [0, 0.05) is 13.0 Å². The van der Waals surface area contributed by atoms with Gasteiger partial charge in [0.05, 0.1) is 11.8 Å². The first-order valence-corrected chi connectivity index (χ1v) is 8.83. The third-order valence-corrected chi connectivity index (χ3v) is 5.30. The molecule has 0 bridgehead atoms. The number of carbonyl (C=O) groups excluding carboxylic acids is 2. The summed E-state index contributed by atoms with van der Waals surface area (Å²) in [7, 11) is 0. The molecule has 2 amide bonds. The molecule has 2 heterocycles. The van der Waals surface area contributed by atoms with Gasteiger partial charge in [-0.15, -0.1) is 11.8 Å². The van der Waals surface area contributed by atoms with Crippen LogP contribution in [0.15, 0.2) is 0 Å². The molecule has 130 valence electrons. The molecular formula is C15H24N2O5S. The lowest BCUT2D eigenvalue weighted by atomic mass is 9.99. The SMILES string of the molecule is CC(C)(C)OC(=O)NC1(C(=O)O)CCN(C(=O)C2CCCS2)C1. The molecule has 0 aromatic heterocycles. The van der Waals surface area contributed by atoms with Crippen molar-refractivity contribution in [1.82, 2.24) is 10.2 Å². The predicted octanol–water partition coefficient (Wildman–Crippen LogP) is 1.46. The summed E-state index contributed by atoms with van der Waals surface area (Å²) in [6.45, 7) is 5.45. The van der Waals surface area contributed by atoms with E-state index in [4.69, 9.17) is 4.74 Å². The topological polar surface area (TPSA) is 95.9 Å². The molecule has 2 aliphatic heterocycles. The van der Waals surface area contributed by atoms with Crippen molar-refractivity contribution in [2.45, 2.75) is 56.4 Å². The molecule has 0 aromatic rings. The first-order valence-electron chi connectivity index (χ1n) is 7.78. The average Bonchev–Trinajstić information content (AvgIpc) is 3.05. The minimum atomic E-state index is -1.47. The second kappa shape index (κ2) is 6.59. The number of carboxylic acids is 1. The fourth-order valence-electron chi connectivity index (χ4n) is 2.80. The zero-order chi connectivity index (χ0) is 17.3. The molecule has 2 rings (SSSR count). The van der Waals surface area contributed by atoms with Crippen molar-refractivity contribution in [3.8, 4) is 0 Å². The zero-order valence-corrected chi connectivity index (χ0v) is 14.6. The van der Waals surface area contributed by atoms with Gasteiger partial charge in [-0.1, -0.05) is 0 Å². The van der Waals surface area contributed by atoms with Crippen LogP contribution in [0.2, 0.25) is 0 Å². The third-order valence-electron chi connectivity index (χ3n) is 3.94. The van der Waals surface area contributed by atoms with E-state index in [1.807, 2.05) is 0 Å². The number of rotatable bonds is 3. The summed E-state index contributed by atoms with van der Waals surface area (Å²) >= 11 is 1.62. The van der Waals surface area contributed by atoms with Gasteiger partial charge in [0.25, 0.3) is 0 Å². The Morgan fingerprint density at radius 2 is 2.04 bits per heavy atom. The van der Waals surface area contributed by atoms with E-state index in [1.165, 1.54) is 0 Å². The van der Waals surface area contributed by atoms with Crippen LogP contribution in [0.4, 0.5) is 4.79 Å². The fourth-order valence-corrected chi connectivity index (χ4v) is 4.05. The summed E-state index contributed by atoms with van der Waals surface area (Å²) in [5.74, 6) is -0.204.